The van der Waals surface area contributed by atoms with Crippen LogP contribution < -0.4 is 11.1 Å². The maximum Gasteiger partial charge on any atom is 0.336 e. The second kappa shape index (κ2) is 13.8. The molecule has 0 aromatic rings. The number of dihydropyridines is 1. The molecule has 0 saturated heterocycles. The van der Waals surface area contributed by atoms with Crippen molar-refractivity contribution in [3.05, 3.63) is 46.8 Å². The molecule has 0 bridgehead atoms. The number of carbonyl (C=O) groups excluding carboxylic acids is 2. The van der Waals surface area contributed by atoms with Gasteiger partial charge in [0.2, 0.25) is 0 Å². The minimum atomic E-state index is -0.884. The van der Waals surface area contributed by atoms with Crippen molar-refractivity contribution in [3.63, 3.8) is 0 Å². The number of carbonyl (C=O) groups is 2. The second-order valence-electron chi connectivity index (χ2n) is 9.94. The fraction of sp³-hybridized carbons (Fsp3) is 0.586. The molecule has 1 heterocycles. The van der Waals surface area contributed by atoms with Crippen LogP contribution in [-0.2, 0) is 19.1 Å². The Morgan fingerprint density at radius 1 is 1.36 bits per heavy atom. The van der Waals surface area contributed by atoms with Crippen LogP contribution in [0.5, 0.6) is 0 Å². The highest BCUT2D eigenvalue weighted by molar-refractivity contribution is 6.27. The highest BCUT2D eigenvalue weighted by atomic mass is 35.5. The first-order chi connectivity index (χ1) is 17.1. The summed E-state index contributed by atoms with van der Waals surface area (Å²) in [7, 11) is 0. The SMILES string of the molecule is C#CC(C)(Cl)/C=C\C=C/C(C)C1C2=C(CC(C(C)C)CCC2=O)NC(COCCN)=C1C(=O)OCC. The molecule has 0 spiro atoms. The van der Waals surface area contributed by atoms with Crippen LogP contribution in [0.25, 0.3) is 0 Å². The van der Waals surface area contributed by atoms with Crippen molar-refractivity contribution in [1.29, 1.82) is 0 Å². The highest BCUT2D eigenvalue weighted by Crippen LogP contribution is 2.42. The van der Waals surface area contributed by atoms with Gasteiger partial charge in [-0.05, 0) is 44.4 Å². The average molecular weight is 517 g/mol. The lowest BCUT2D eigenvalue weighted by Gasteiger charge is -2.35. The summed E-state index contributed by atoms with van der Waals surface area (Å²) in [4.78, 5) is 25.9. The molecule has 0 saturated carbocycles. The number of alkyl halides is 1. The van der Waals surface area contributed by atoms with E-state index in [2.05, 4.69) is 25.1 Å². The number of hydrogen-bond acceptors (Lipinski definition) is 6. The molecule has 2 aliphatic rings. The number of rotatable bonds is 11. The topological polar surface area (TPSA) is 90.6 Å². The molecule has 36 heavy (non-hydrogen) atoms. The van der Waals surface area contributed by atoms with E-state index in [1.165, 1.54) is 0 Å². The monoisotopic (exact) mass is 516 g/mol. The van der Waals surface area contributed by atoms with Crippen molar-refractivity contribution in [3.8, 4) is 12.3 Å². The summed E-state index contributed by atoms with van der Waals surface area (Å²) in [6.07, 6.45) is 14.8. The first kappa shape index (κ1) is 29.9. The first-order valence-corrected chi connectivity index (χ1v) is 13.2. The summed E-state index contributed by atoms with van der Waals surface area (Å²) < 4.78 is 11.2. The summed E-state index contributed by atoms with van der Waals surface area (Å²) in [5, 5.41) is 3.43. The molecule has 0 fully saturated rings. The Bertz CT molecular complexity index is 968. The first-order valence-electron chi connectivity index (χ1n) is 12.8. The van der Waals surface area contributed by atoms with E-state index >= 15 is 0 Å². The molecule has 2 rings (SSSR count). The van der Waals surface area contributed by atoms with E-state index < -0.39 is 16.8 Å². The number of Topliss-reactive ketones (excluding diaryl/α,β-unsaturated/α-hetero) is 1. The standard InChI is InChI=1S/C29H41ClN2O4/c1-7-29(6,30)14-10-9-11-20(5)25-26-22(17-21(19(3)4)12-13-24(26)33)32-23(18-35-16-15-31)27(25)28(34)36-8-2/h1,9-11,14,19-21,25,32H,8,12-13,15-18,31H2,2-6H3/b11-9-,14-10-. The Morgan fingerprint density at radius 3 is 2.69 bits per heavy atom. The Labute approximate surface area is 221 Å². The second-order valence-corrected chi connectivity index (χ2v) is 10.7. The maximum atomic E-state index is 13.5. The molecule has 7 heteroatoms. The van der Waals surface area contributed by atoms with E-state index in [-0.39, 0.29) is 24.9 Å². The lowest BCUT2D eigenvalue weighted by atomic mass is 9.75. The van der Waals surface area contributed by atoms with Crippen LogP contribution in [-0.4, -0.2) is 43.0 Å². The van der Waals surface area contributed by atoms with E-state index in [0.717, 1.165) is 18.5 Å². The molecular weight excluding hydrogens is 476 g/mol. The third-order valence-electron chi connectivity index (χ3n) is 6.77. The van der Waals surface area contributed by atoms with Gasteiger partial charge in [-0.2, -0.15) is 0 Å². The molecule has 0 aromatic carbocycles. The summed E-state index contributed by atoms with van der Waals surface area (Å²) in [6.45, 7) is 11.0. The van der Waals surface area contributed by atoms with Gasteiger partial charge in [-0.3, -0.25) is 4.79 Å². The Hall–Kier alpha value is -2.33. The van der Waals surface area contributed by atoms with Crippen LogP contribution in [0.4, 0.5) is 0 Å². The Kier molecular flexibility index (Phi) is 11.5. The van der Waals surface area contributed by atoms with E-state index in [4.69, 9.17) is 33.2 Å². The fourth-order valence-corrected chi connectivity index (χ4v) is 4.79. The van der Waals surface area contributed by atoms with Gasteiger partial charge in [0.1, 0.15) is 4.87 Å². The van der Waals surface area contributed by atoms with Gasteiger partial charge in [-0.25, -0.2) is 4.79 Å². The zero-order valence-corrected chi connectivity index (χ0v) is 23.0. The number of nitrogens with one attached hydrogen (secondary N) is 1. The Morgan fingerprint density at radius 2 is 2.08 bits per heavy atom. The highest BCUT2D eigenvalue weighted by Gasteiger charge is 2.41. The van der Waals surface area contributed by atoms with E-state index in [1.54, 1.807) is 26.0 Å². The van der Waals surface area contributed by atoms with Gasteiger partial charge >= 0.3 is 5.97 Å². The molecule has 6 nitrogen and oxygen atoms in total. The fourth-order valence-electron chi connectivity index (χ4n) is 4.71. The molecule has 3 N–H and O–H groups in total. The number of nitrogens with two attached hydrogens (primary N) is 1. The smallest absolute Gasteiger partial charge is 0.336 e. The summed E-state index contributed by atoms with van der Waals surface area (Å²) >= 11 is 6.22. The predicted molar refractivity (Wildman–Crippen MR) is 145 cm³/mol. The zero-order valence-electron chi connectivity index (χ0n) is 22.2. The minimum absolute atomic E-state index is 0.0748. The minimum Gasteiger partial charge on any atom is -0.463 e. The molecule has 0 amide bonds. The third kappa shape index (κ3) is 7.83. The molecule has 1 aliphatic carbocycles. The van der Waals surface area contributed by atoms with Crippen LogP contribution in [0.1, 0.15) is 53.9 Å². The largest absolute Gasteiger partial charge is 0.463 e. The summed E-state index contributed by atoms with van der Waals surface area (Å²) in [6, 6.07) is 0. The number of ether oxygens (including phenoxy) is 2. The van der Waals surface area contributed by atoms with Gasteiger partial charge in [-0.1, -0.05) is 51.0 Å². The molecule has 1 aliphatic heterocycles. The van der Waals surface area contributed by atoms with Gasteiger partial charge in [-0.15, -0.1) is 18.0 Å². The molecular formula is C29H41ClN2O4. The number of esters is 1. The number of terminal acetylenes is 1. The van der Waals surface area contributed by atoms with Gasteiger partial charge in [0.25, 0.3) is 0 Å². The average Bonchev–Trinajstić information content (AvgIpc) is 3.00. The van der Waals surface area contributed by atoms with Crippen LogP contribution in [0.3, 0.4) is 0 Å². The van der Waals surface area contributed by atoms with Crippen molar-refractivity contribution < 1.29 is 19.1 Å². The van der Waals surface area contributed by atoms with Crippen molar-refractivity contribution in [2.45, 2.75) is 58.8 Å². The summed E-state index contributed by atoms with van der Waals surface area (Å²) in [5.41, 5.74) is 8.26. The summed E-state index contributed by atoms with van der Waals surface area (Å²) in [5.74, 6) is 2.30. The number of halogens is 1. The number of ketones is 1. The van der Waals surface area contributed by atoms with E-state index in [9.17, 15) is 9.59 Å². The molecule has 4 unspecified atom stereocenters. The van der Waals surface area contributed by atoms with Crippen LogP contribution in [0.2, 0.25) is 0 Å². The number of hydrogen-bond donors (Lipinski definition) is 2. The quantitative estimate of drug-likeness (QED) is 0.136. The molecule has 198 valence electrons. The number of allylic oxidation sites excluding steroid dienone is 6. The van der Waals surface area contributed by atoms with Crippen LogP contribution in [0.15, 0.2) is 46.8 Å². The van der Waals surface area contributed by atoms with Gasteiger partial charge in [0.05, 0.1) is 31.1 Å². The maximum absolute atomic E-state index is 13.5. The van der Waals surface area contributed by atoms with Crippen molar-refractivity contribution in [2.75, 3.05) is 26.4 Å². The lowest BCUT2D eigenvalue weighted by molar-refractivity contribution is -0.139. The van der Waals surface area contributed by atoms with Gasteiger partial charge < -0.3 is 20.5 Å². The Balaban J connectivity index is 2.59. The van der Waals surface area contributed by atoms with Crippen molar-refractivity contribution >= 4 is 23.4 Å². The van der Waals surface area contributed by atoms with Crippen molar-refractivity contribution in [2.24, 2.45) is 29.4 Å². The lowest BCUT2D eigenvalue weighted by Crippen LogP contribution is -2.38. The van der Waals surface area contributed by atoms with Crippen LogP contribution in [0, 0.1) is 36.0 Å². The van der Waals surface area contributed by atoms with E-state index in [0.29, 0.717) is 48.3 Å². The zero-order chi connectivity index (χ0) is 26.9. The van der Waals surface area contributed by atoms with Gasteiger partial charge in [0, 0.05) is 30.2 Å². The van der Waals surface area contributed by atoms with Gasteiger partial charge in [0.15, 0.2) is 5.78 Å². The van der Waals surface area contributed by atoms with Crippen molar-refractivity contribution in [1.82, 2.24) is 5.32 Å². The van der Waals surface area contributed by atoms with E-state index in [1.807, 2.05) is 19.1 Å². The third-order valence-corrected chi connectivity index (χ3v) is 7.01. The molecule has 4 atom stereocenters. The normalized spacial score (nSPS) is 23.4. The predicted octanol–water partition coefficient (Wildman–Crippen LogP) is 4.66. The molecule has 0 radical (unpaired) electrons. The van der Waals surface area contributed by atoms with Crippen LogP contribution >= 0.6 is 11.6 Å². The molecule has 0 aromatic heterocycles.